The van der Waals surface area contributed by atoms with Gasteiger partial charge >= 0.3 is 16.4 Å². The van der Waals surface area contributed by atoms with Gasteiger partial charge in [0, 0.05) is 59.1 Å². The molecule has 0 bridgehead atoms. The topological polar surface area (TPSA) is 151 Å². The minimum atomic E-state index is -4.99. The fraction of sp³-hybridized carbons (Fsp3) is 0.500. The summed E-state index contributed by atoms with van der Waals surface area (Å²) >= 11 is 0. The van der Waals surface area contributed by atoms with E-state index in [1.54, 1.807) is 0 Å². The van der Waals surface area contributed by atoms with Crippen LogP contribution in [0.15, 0.2) is 11.5 Å². The van der Waals surface area contributed by atoms with Crippen molar-refractivity contribution in [1.82, 2.24) is 0 Å². The van der Waals surface area contributed by atoms with E-state index < -0.39 is 46.7 Å². The van der Waals surface area contributed by atoms with Crippen molar-refractivity contribution in [2.24, 2.45) is 0 Å². The third-order valence-corrected chi connectivity index (χ3v) is 2.02. The van der Waals surface area contributed by atoms with Gasteiger partial charge in [0.25, 0.3) is 5.76 Å². The summed E-state index contributed by atoms with van der Waals surface area (Å²) in [6, 6.07) is 0. The van der Waals surface area contributed by atoms with E-state index >= 15 is 0 Å². The van der Waals surface area contributed by atoms with Crippen molar-refractivity contribution in [2.45, 2.75) is 12.2 Å². The summed E-state index contributed by atoms with van der Waals surface area (Å²) in [5.74, 6) is -3.56. The SMILES string of the molecule is O=C1O[C@H]([C@@H](O)CO)C(O)=C1OS(=O)(=O)O.[Na].[Na]. The summed E-state index contributed by atoms with van der Waals surface area (Å²) in [7, 11) is -4.99. The first-order valence-corrected chi connectivity index (χ1v) is 5.22. The van der Waals surface area contributed by atoms with Crippen molar-refractivity contribution in [1.29, 1.82) is 0 Å². The number of rotatable bonds is 4. The van der Waals surface area contributed by atoms with Crippen LogP contribution in [0.3, 0.4) is 0 Å². The normalized spacial score (nSPS) is 20.6. The molecule has 0 saturated carbocycles. The zero-order chi connectivity index (χ0) is 12.5. The third-order valence-electron chi connectivity index (χ3n) is 1.65. The van der Waals surface area contributed by atoms with Gasteiger partial charge in [-0.15, -0.1) is 0 Å². The third kappa shape index (κ3) is 5.33. The number of esters is 1. The molecule has 9 nitrogen and oxygen atoms in total. The maximum Gasteiger partial charge on any atom is 0.446 e. The maximum absolute atomic E-state index is 11.0. The van der Waals surface area contributed by atoms with Crippen LogP contribution in [-0.2, 0) is 24.1 Å². The van der Waals surface area contributed by atoms with E-state index in [0.29, 0.717) is 0 Å². The Bertz CT molecular complexity index is 430. The molecule has 0 aromatic rings. The minimum Gasteiger partial charge on any atom is -0.505 e. The monoisotopic (exact) mass is 302 g/mol. The Morgan fingerprint density at radius 1 is 1.39 bits per heavy atom. The smallest absolute Gasteiger partial charge is 0.446 e. The van der Waals surface area contributed by atoms with Gasteiger partial charge in [-0.2, -0.15) is 8.42 Å². The molecule has 1 rings (SSSR count). The number of aliphatic hydroxyl groups is 3. The summed E-state index contributed by atoms with van der Waals surface area (Å²) in [4.78, 5) is 11.0. The summed E-state index contributed by atoms with van der Waals surface area (Å²) < 4.78 is 36.9. The quantitative estimate of drug-likeness (QED) is 0.243. The van der Waals surface area contributed by atoms with Gasteiger partial charge in [0.05, 0.1) is 6.61 Å². The Balaban J connectivity index is 0. The molecule has 0 aromatic heterocycles. The van der Waals surface area contributed by atoms with Crippen LogP contribution in [0.5, 0.6) is 0 Å². The van der Waals surface area contributed by atoms with E-state index in [2.05, 4.69) is 8.92 Å². The van der Waals surface area contributed by atoms with Crippen LogP contribution in [0, 0.1) is 0 Å². The number of carbonyl (C=O) groups is 1. The minimum absolute atomic E-state index is 0. The zero-order valence-electron chi connectivity index (χ0n) is 9.60. The summed E-state index contributed by atoms with van der Waals surface area (Å²) in [5, 5.41) is 26.9. The van der Waals surface area contributed by atoms with E-state index in [1.807, 2.05) is 0 Å². The van der Waals surface area contributed by atoms with Crippen LogP contribution < -0.4 is 0 Å². The van der Waals surface area contributed by atoms with E-state index in [-0.39, 0.29) is 59.1 Å². The van der Waals surface area contributed by atoms with Gasteiger partial charge < -0.3 is 24.2 Å². The van der Waals surface area contributed by atoms with Crippen LogP contribution in [0.2, 0.25) is 0 Å². The van der Waals surface area contributed by atoms with Crippen molar-refractivity contribution in [3.8, 4) is 0 Å². The van der Waals surface area contributed by atoms with Crippen LogP contribution >= 0.6 is 0 Å². The number of hydrogen-bond donors (Lipinski definition) is 4. The molecule has 94 valence electrons. The van der Waals surface area contributed by atoms with Gasteiger partial charge in [-0.3, -0.25) is 4.55 Å². The Morgan fingerprint density at radius 2 is 1.89 bits per heavy atom. The fourth-order valence-corrected chi connectivity index (χ4v) is 1.36. The van der Waals surface area contributed by atoms with Gasteiger partial charge in [0.15, 0.2) is 11.9 Å². The molecule has 18 heavy (non-hydrogen) atoms. The van der Waals surface area contributed by atoms with Crippen molar-refractivity contribution in [2.75, 3.05) is 6.61 Å². The summed E-state index contributed by atoms with van der Waals surface area (Å²) in [6.45, 7) is -0.832. The molecule has 0 aromatic carbocycles. The molecule has 1 aliphatic rings. The van der Waals surface area contributed by atoms with E-state index in [0.717, 1.165) is 0 Å². The van der Waals surface area contributed by atoms with Crippen molar-refractivity contribution in [3.63, 3.8) is 0 Å². The molecule has 1 heterocycles. The molecular weight excluding hydrogens is 294 g/mol. The molecular formula is C6H8Na2O9S. The van der Waals surface area contributed by atoms with E-state index in [4.69, 9.17) is 14.8 Å². The second-order valence-corrected chi connectivity index (χ2v) is 3.82. The molecule has 2 atom stereocenters. The number of carbonyl (C=O) groups excluding carboxylic acids is 1. The molecule has 0 spiro atoms. The van der Waals surface area contributed by atoms with Crippen LogP contribution in [-0.4, -0.2) is 112 Å². The molecule has 12 heteroatoms. The Morgan fingerprint density at radius 3 is 2.28 bits per heavy atom. The van der Waals surface area contributed by atoms with Gasteiger partial charge in [0.1, 0.15) is 6.10 Å². The number of aliphatic hydroxyl groups excluding tert-OH is 3. The Hall–Kier alpha value is 0.640. The van der Waals surface area contributed by atoms with Gasteiger partial charge in [-0.1, -0.05) is 0 Å². The summed E-state index contributed by atoms with van der Waals surface area (Å²) in [6.07, 6.45) is -3.26. The summed E-state index contributed by atoms with van der Waals surface area (Å²) in [5.41, 5.74) is 0. The molecule has 0 amide bonds. The average molecular weight is 302 g/mol. The first-order chi connectivity index (χ1) is 7.26. The van der Waals surface area contributed by atoms with Crippen LogP contribution in [0.25, 0.3) is 0 Å². The van der Waals surface area contributed by atoms with Gasteiger partial charge in [0.2, 0.25) is 0 Å². The molecule has 1 aliphatic heterocycles. The van der Waals surface area contributed by atoms with Crippen molar-refractivity contribution >= 4 is 75.5 Å². The number of ether oxygens (including phenoxy) is 1. The van der Waals surface area contributed by atoms with Crippen LogP contribution in [0.1, 0.15) is 0 Å². The first-order valence-electron chi connectivity index (χ1n) is 3.86. The second kappa shape index (κ2) is 8.04. The fourth-order valence-electron chi connectivity index (χ4n) is 0.997. The average Bonchev–Trinajstić information content (AvgIpc) is 2.42. The van der Waals surface area contributed by atoms with E-state index in [1.165, 1.54) is 0 Å². The number of hydrogen-bond acceptors (Lipinski definition) is 8. The van der Waals surface area contributed by atoms with Crippen molar-refractivity contribution < 1.29 is 42.0 Å². The Labute approximate surface area is 146 Å². The molecule has 0 saturated heterocycles. The zero-order valence-corrected chi connectivity index (χ0v) is 14.4. The molecule has 4 N–H and O–H groups in total. The molecule has 0 aliphatic carbocycles. The van der Waals surface area contributed by atoms with Crippen LogP contribution in [0.4, 0.5) is 0 Å². The van der Waals surface area contributed by atoms with Gasteiger partial charge in [-0.05, 0) is 0 Å². The predicted molar refractivity (Wildman–Crippen MR) is 56.8 cm³/mol. The number of cyclic esters (lactones) is 1. The molecule has 0 unspecified atom stereocenters. The largest absolute Gasteiger partial charge is 0.505 e. The predicted octanol–water partition coefficient (Wildman–Crippen LogP) is -2.91. The Kier molecular flexibility index (Phi) is 9.36. The standard InChI is InChI=1S/C6H8O9S.2Na/c7-1-2(8)4-3(9)5(6(10)14-4)15-16(11,12)13;;/h2,4,7-9H,1H2,(H,11,12,13);;/t2-,4+;;/m0../s1. The van der Waals surface area contributed by atoms with Crippen molar-refractivity contribution in [3.05, 3.63) is 11.5 Å². The molecule has 2 radical (unpaired) electrons. The van der Waals surface area contributed by atoms with E-state index in [9.17, 15) is 18.3 Å². The van der Waals surface area contributed by atoms with Gasteiger partial charge in [-0.25, -0.2) is 4.79 Å². The molecule has 0 fully saturated rings. The maximum atomic E-state index is 11.0. The first kappa shape index (κ1) is 20.9. The second-order valence-electron chi connectivity index (χ2n) is 2.80.